The van der Waals surface area contributed by atoms with Gasteiger partial charge in [0, 0.05) is 24.1 Å². The molecule has 5 nitrogen and oxygen atoms in total. The van der Waals surface area contributed by atoms with Gasteiger partial charge in [0.05, 0.1) is 4.92 Å². The Hall–Kier alpha value is -1.91. The maximum Gasteiger partial charge on any atom is 0.269 e. The van der Waals surface area contributed by atoms with Gasteiger partial charge >= 0.3 is 0 Å². The van der Waals surface area contributed by atoms with E-state index in [0.717, 1.165) is 5.56 Å². The SMILES string of the molecule is CCC(=O)NC(C)(C)Cc1ccc([N+](=O)[O-])cc1. The molecule has 0 aromatic heterocycles. The van der Waals surface area contributed by atoms with Gasteiger partial charge in [-0.05, 0) is 25.8 Å². The number of nitrogens with one attached hydrogen (secondary N) is 1. The number of nitro benzene ring substituents is 1. The van der Waals surface area contributed by atoms with Crippen LogP contribution in [-0.4, -0.2) is 16.4 Å². The summed E-state index contributed by atoms with van der Waals surface area (Å²) in [4.78, 5) is 21.5. The van der Waals surface area contributed by atoms with Crippen LogP contribution in [-0.2, 0) is 11.2 Å². The Kier molecular flexibility index (Phi) is 4.42. The van der Waals surface area contributed by atoms with Gasteiger partial charge in [0.1, 0.15) is 0 Å². The van der Waals surface area contributed by atoms with Crippen LogP contribution in [0.2, 0.25) is 0 Å². The summed E-state index contributed by atoms with van der Waals surface area (Å²) < 4.78 is 0. The fourth-order valence-electron chi connectivity index (χ4n) is 1.76. The van der Waals surface area contributed by atoms with Gasteiger partial charge in [0.25, 0.3) is 5.69 Å². The van der Waals surface area contributed by atoms with Crippen molar-refractivity contribution in [3.63, 3.8) is 0 Å². The van der Waals surface area contributed by atoms with Crippen LogP contribution in [0, 0.1) is 10.1 Å². The molecule has 98 valence electrons. The van der Waals surface area contributed by atoms with Crippen LogP contribution >= 0.6 is 0 Å². The lowest BCUT2D eigenvalue weighted by Crippen LogP contribution is -2.44. The molecule has 0 atom stereocenters. The van der Waals surface area contributed by atoms with Crippen molar-refractivity contribution in [2.24, 2.45) is 0 Å². The summed E-state index contributed by atoms with van der Waals surface area (Å²) in [5.41, 5.74) is 0.680. The Balaban J connectivity index is 2.71. The molecule has 0 saturated heterocycles. The van der Waals surface area contributed by atoms with Gasteiger partial charge < -0.3 is 5.32 Å². The summed E-state index contributed by atoms with van der Waals surface area (Å²) in [5.74, 6) is 0.00177. The van der Waals surface area contributed by atoms with E-state index in [2.05, 4.69) is 5.32 Å². The molecule has 0 aliphatic rings. The molecule has 0 aliphatic carbocycles. The Labute approximate surface area is 106 Å². The van der Waals surface area contributed by atoms with E-state index >= 15 is 0 Å². The minimum Gasteiger partial charge on any atom is -0.351 e. The van der Waals surface area contributed by atoms with Crippen LogP contribution in [0.25, 0.3) is 0 Å². The first-order valence-electron chi connectivity index (χ1n) is 5.88. The second-order valence-electron chi connectivity index (χ2n) is 4.89. The highest BCUT2D eigenvalue weighted by molar-refractivity contribution is 5.76. The molecule has 1 N–H and O–H groups in total. The predicted molar refractivity (Wildman–Crippen MR) is 69.3 cm³/mol. The van der Waals surface area contributed by atoms with E-state index in [1.807, 2.05) is 13.8 Å². The van der Waals surface area contributed by atoms with E-state index in [4.69, 9.17) is 0 Å². The zero-order valence-corrected chi connectivity index (χ0v) is 10.9. The lowest BCUT2D eigenvalue weighted by atomic mass is 9.94. The molecule has 0 heterocycles. The van der Waals surface area contributed by atoms with E-state index < -0.39 is 4.92 Å². The fraction of sp³-hybridized carbons (Fsp3) is 0.462. The zero-order chi connectivity index (χ0) is 13.8. The largest absolute Gasteiger partial charge is 0.351 e. The third kappa shape index (κ3) is 4.16. The van der Waals surface area contributed by atoms with E-state index in [0.29, 0.717) is 12.8 Å². The third-order valence-corrected chi connectivity index (χ3v) is 2.59. The highest BCUT2D eigenvalue weighted by Gasteiger charge is 2.20. The highest BCUT2D eigenvalue weighted by Crippen LogP contribution is 2.17. The van der Waals surface area contributed by atoms with E-state index in [1.54, 1.807) is 19.1 Å². The van der Waals surface area contributed by atoms with Gasteiger partial charge in [-0.1, -0.05) is 19.1 Å². The summed E-state index contributed by atoms with van der Waals surface area (Å²) in [6.45, 7) is 5.67. The smallest absolute Gasteiger partial charge is 0.269 e. The lowest BCUT2D eigenvalue weighted by Gasteiger charge is -2.26. The molecule has 1 rings (SSSR count). The molecule has 0 spiro atoms. The number of non-ortho nitro benzene ring substituents is 1. The Morgan fingerprint density at radius 3 is 2.33 bits per heavy atom. The minimum absolute atomic E-state index is 0.00177. The highest BCUT2D eigenvalue weighted by atomic mass is 16.6. The first kappa shape index (κ1) is 14.2. The molecule has 0 fully saturated rings. The van der Waals surface area contributed by atoms with Crippen molar-refractivity contribution in [2.45, 2.75) is 39.2 Å². The number of rotatable bonds is 5. The number of hydrogen-bond acceptors (Lipinski definition) is 3. The number of amides is 1. The topological polar surface area (TPSA) is 72.2 Å². The predicted octanol–water partition coefficient (Wildman–Crippen LogP) is 2.44. The second kappa shape index (κ2) is 5.62. The molecule has 0 saturated carbocycles. The average Bonchev–Trinajstić information content (AvgIpc) is 2.28. The van der Waals surface area contributed by atoms with Crippen molar-refractivity contribution in [1.82, 2.24) is 5.32 Å². The molecule has 18 heavy (non-hydrogen) atoms. The fourth-order valence-corrected chi connectivity index (χ4v) is 1.76. The molecule has 0 radical (unpaired) electrons. The Morgan fingerprint density at radius 1 is 1.33 bits per heavy atom. The van der Waals surface area contributed by atoms with Crippen LogP contribution in [0.5, 0.6) is 0 Å². The molecular weight excluding hydrogens is 232 g/mol. The van der Waals surface area contributed by atoms with Gasteiger partial charge in [-0.2, -0.15) is 0 Å². The molecule has 5 heteroatoms. The second-order valence-corrected chi connectivity index (χ2v) is 4.89. The van der Waals surface area contributed by atoms with Crippen molar-refractivity contribution in [1.29, 1.82) is 0 Å². The summed E-state index contributed by atoms with van der Waals surface area (Å²) >= 11 is 0. The molecule has 1 aromatic carbocycles. The number of benzene rings is 1. The van der Waals surface area contributed by atoms with Crippen molar-refractivity contribution >= 4 is 11.6 Å². The zero-order valence-electron chi connectivity index (χ0n) is 10.9. The number of carbonyl (C=O) groups excluding carboxylic acids is 1. The van der Waals surface area contributed by atoms with Crippen molar-refractivity contribution < 1.29 is 9.72 Å². The van der Waals surface area contributed by atoms with Gasteiger partial charge in [-0.3, -0.25) is 14.9 Å². The maximum atomic E-state index is 11.4. The van der Waals surface area contributed by atoms with Crippen LogP contribution in [0.1, 0.15) is 32.8 Å². The number of carbonyl (C=O) groups is 1. The van der Waals surface area contributed by atoms with Gasteiger partial charge in [-0.25, -0.2) is 0 Å². The normalized spacial score (nSPS) is 11.1. The summed E-state index contributed by atoms with van der Waals surface area (Å²) in [5, 5.41) is 13.4. The van der Waals surface area contributed by atoms with Crippen molar-refractivity contribution in [3.8, 4) is 0 Å². The van der Waals surface area contributed by atoms with Crippen molar-refractivity contribution in [3.05, 3.63) is 39.9 Å². The van der Waals surface area contributed by atoms with Crippen molar-refractivity contribution in [2.75, 3.05) is 0 Å². The first-order chi connectivity index (χ1) is 8.34. The lowest BCUT2D eigenvalue weighted by molar-refractivity contribution is -0.384. The summed E-state index contributed by atoms with van der Waals surface area (Å²) in [7, 11) is 0. The van der Waals surface area contributed by atoms with Gasteiger partial charge in [0.2, 0.25) is 5.91 Å². The first-order valence-corrected chi connectivity index (χ1v) is 5.88. The van der Waals surface area contributed by atoms with Crippen LogP contribution in [0.4, 0.5) is 5.69 Å². The molecule has 1 amide bonds. The van der Waals surface area contributed by atoms with Crippen LogP contribution in [0.3, 0.4) is 0 Å². The molecule has 1 aromatic rings. The Morgan fingerprint density at radius 2 is 1.89 bits per heavy atom. The van der Waals surface area contributed by atoms with Gasteiger partial charge in [0.15, 0.2) is 0 Å². The Bertz CT molecular complexity index is 438. The van der Waals surface area contributed by atoms with E-state index in [9.17, 15) is 14.9 Å². The maximum absolute atomic E-state index is 11.4. The van der Waals surface area contributed by atoms with E-state index in [1.165, 1.54) is 12.1 Å². The third-order valence-electron chi connectivity index (χ3n) is 2.59. The number of nitrogens with zero attached hydrogens (tertiary/aromatic N) is 1. The number of nitro groups is 1. The molecule has 0 aliphatic heterocycles. The van der Waals surface area contributed by atoms with Crippen LogP contribution < -0.4 is 5.32 Å². The van der Waals surface area contributed by atoms with Crippen LogP contribution in [0.15, 0.2) is 24.3 Å². The summed E-state index contributed by atoms with van der Waals surface area (Å²) in [6, 6.07) is 6.40. The minimum atomic E-state index is -0.423. The molecular formula is C13H18N2O3. The molecule has 0 unspecified atom stereocenters. The monoisotopic (exact) mass is 250 g/mol. The van der Waals surface area contributed by atoms with Gasteiger partial charge in [-0.15, -0.1) is 0 Å². The average molecular weight is 250 g/mol. The quantitative estimate of drug-likeness (QED) is 0.644. The summed E-state index contributed by atoms with van der Waals surface area (Å²) in [6.07, 6.45) is 1.08. The standard InChI is InChI=1S/C13H18N2O3/c1-4-12(16)14-13(2,3)9-10-5-7-11(8-6-10)15(17)18/h5-8H,4,9H2,1-3H3,(H,14,16). The van der Waals surface area contributed by atoms with E-state index in [-0.39, 0.29) is 17.1 Å². The number of hydrogen-bond donors (Lipinski definition) is 1. The molecule has 0 bridgehead atoms.